The maximum Gasteiger partial charge on any atom is 0.252 e. The van der Waals surface area contributed by atoms with Crippen LogP contribution in [0.15, 0.2) is 36.4 Å². The lowest BCUT2D eigenvalue weighted by atomic mass is 10.0. The van der Waals surface area contributed by atoms with Crippen molar-refractivity contribution in [2.45, 2.75) is 39.7 Å². The lowest BCUT2D eigenvalue weighted by molar-refractivity contribution is 0.0939. The monoisotopic (exact) mass is 392 g/mol. The van der Waals surface area contributed by atoms with Gasteiger partial charge in [0, 0.05) is 11.3 Å². The number of carbonyl (C=O) groups is 1. The number of nitrogen functional groups attached to an aromatic ring is 1. The third-order valence-electron chi connectivity index (χ3n) is 4.30. The van der Waals surface area contributed by atoms with Crippen molar-refractivity contribution in [1.29, 1.82) is 0 Å². The van der Waals surface area contributed by atoms with E-state index in [9.17, 15) is 4.79 Å². The molecule has 0 aliphatic rings. The van der Waals surface area contributed by atoms with Crippen LogP contribution in [-0.2, 0) is 0 Å². The van der Waals surface area contributed by atoms with Crippen molar-refractivity contribution in [3.05, 3.63) is 53.1 Å². The fraction of sp³-hybridized carbons (Fsp3) is 0.381. The van der Waals surface area contributed by atoms with Crippen LogP contribution in [0.4, 0.5) is 5.69 Å². The maximum absolute atomic E-state index is 12.6. The highest BCUT2D eigenvalue weighted by Gasteiger charge is 2.15. The number of nitrogens with two attached hydrogens (primary N) is 1. The normalized spacial score (nSPS) is 11.3. The minimum Gasteiger partial charge on any atom is -0.493 e. The van der Waals surface area contributed by atoms with Gasteiger partial charge in [-0.25, -0.2) is 0 Å². The van der Waals surface area contributed by atoms with Gasteiger partial charge in [-0.1, -0.05) is 25.5 Å². The van der Waals surface area contributed by atoms with Crippen LogP contribution >= 0.6 is 12.4 Å². The number of methoxy groups -OCH3 is 1. The van der Waals surface area contributed by atoms with Gasteiger partial charge in [-0.2, -0.15) is 0 Å². The smallest absolute Gasteiger partial charge is 0.252 e. The van der Waals surface area contributed by atoms with Crippen LogP contribution in [-0.4, -0.2) is 19.6 Å². The molecule has 0 spiro atoms. The lowest BCUT2D eigenvalue weighted by Crippen LogP contribution is -2.27. The minimum atomic E-state index is -0.179. The van der Waals surface area contributed by atoms with Crippen molar-refractivity contribution in [1.82, 2.24) is 5.32 Å². The number of halogens is 1. The SMILES string of the molecule is CCCCOc1ccc(C(C)NC(=O)c2cc(N)ccc2C)cc1OC.Cl. The molecule has 0 saturated heterocycles. The Hall–Kier alpha value is -2.40. The highest BCUT2D eigenvalue weighted by molar-refractivity contribution is 5.96. The zero-order chi connectivity index (χ0) is 19.1. The Morgan fingerprint density at radius 3 is 2.59 bits per heavy atom. The van der Waals surface area contributed by atoms with Crippen LogP contribution in [0.1, 0.15) is 54.2 Å². The molecule has 0 saturated carbocycles. The summed E-state index contributed by atoms with van der Waals surface area (Å²) in [7, 11) is 1.62. The Bertz CT molecular complexity index is 765. The van der Waals surface area contributed by atoms with E-state index in [0.29, 0.717) is 23.6 Å². The second-order valence-corrected chi connectivity index (χ2v) is 6.38. The molecule has 5 nitrogen and oxygen atoms in total. The van der Waals surface area contributed by atoms with Gasteiger partial charge in [0.05, 0.1) is 19.8 Å². The first-order chi connectivity index (χ1) is 12.5. The fourth-order valence-electron chi connectivity index (χ4n) is 2.64. The van der Waals surface area contributed by atoms with Crippen molar-refractivity contribution < 1.29 is 14.3 Å². The molecule has 27 heavy (non-hydrogen) atoms. The van der Waals surface area contributed by atoms with Gasteiger partial charge in [0.15, 0.2) is 11.5 Å². The summed E-state index contributed by atoms with van der Waals surface area (Å²) >= 11 is 0. The summed E-state index contributed by atoms with van der Waals surface area (Å²) in [5.41, 5.74) is 8.79. The van der Waals surface area contributed by atoms with Crippen LogP contribution < -0.4 is 20.5 Å². The summed E-state index contributed by atoms with van der Waals surface area (Å²) in [6.07, 6.45) is 2.07. The summed E-state index contributed by atoms with van der Waals surface area (Å²) in [4.78, 5) is 12.6. The van der Waals surface area contributed by atoms with E-state index in [0.717, 1.165) is 29.7 Å². The first-order valence-corrected chi connectivity index (χ1v) is 8.94. The van der Waals surface area contributed by atoms with E-state index in [4.69, 9.17) is 15.2 Å². The number of aryl methyl sites for hydroxylation is 1. The van der Waals surface area contributed by atoms with Gasteiger partial charge in [-0.05, 0) is 55.7 Å². The zero-order valence-corrected chi connectivity index (χ0v) is 17.2. The highest BCUT2D eigenvalue weighted by Crippen LogP contribution is 2.30. The summed E-state index contributed by atoms with van der Waals surface area (Å²) in [5, 5.41) is 3.01. The highest BCUT2D eigenvalue weighted by atomic mass is 35.5. The number of rotatable bonds is 8. The Kier molecular flexibility index (Phi) is 8.95. The average Bonchev–Trinajstić information content (AvgIpc) is 2.63. The fourth-order valence-corrected chi connectivity index (χ4v) is 2.64. The molecular formula is C21H29ClN2O3. The van der Waals surface area contributed by atoms with Crippen LogP contribution in [0.3, 0.4) is 0 Å². The van der Waals surface area contributed by atoms with Crippen molar-refractivity contribution in [2.75, 3.05) is 19.5 Å². The number of carbonyl (C=O) groups excluding carboxylic acids is 1. The number of ether oxygens (including phenoxy) is 2. The number of nitrogens with one attached hydrogen (secondary N) is 1. The molecule has 0 heterocycles. The number of hydrogen-bond donors (Lipinski definition) is 2. The lowest BCUT2D eigenvalue weighted by Gasteiger charge is -2.18. The van der Waals surface area contributed by atoms with Crippen LogP contribution in [0, 0.1) is 6.92 Å². The molecule has 0 bridgehead atoms. The van der Waals surface area contributed by atoms with Crippen LogP contribution in [0.2, 0.25) is 0 Å². The van der Waals surface area contributed by atoms with Crippen molar-refractivity contribution in [3.63, 3.8) is 0 Å². The van der Waals surface area contributed by atoms with Gasteiger partial charge in [-0.15, -0.1) is 12.4 Å². The van der Waals surface area contributed by atoms with E-state index >= 15 is 0 Å². The topological polar surface area (TPSA) is 73.6 Å². The summed E-state index contributed by atoms with van der Waals surface area (Å²) in [6, 6.07) is 10.9. The largest absolute Gasteiger partial charge is 0.493 e. The Morgan fingerprint density at radius 2 is 1.93 bits per heavy atom. The molecule has 6 heteroatoms. The Labute approximate surface area is 167 Å². The molecule has 3 N–H and O–H groups in total. The molecule has 0 fully saturated rings. The first kappa shape index (κ1) is 22.6. The van der Waals surface area contributed by atoms with E-state index in [1.54, 1.807) is 19.2 Å². The molecule has 1 amide bonds. The van der Waals surface area contributed by atoms with Crippen LogP contribution in [0.25, 0.3) is 0 Å². The van der Waals surface area contributed by atoms with E-state index in [2.05, 4.69) is 12.2 Å². The van der Waals surface area contributed by atoms with Crippen molar-refractivity contribution >= 4 is 24.0 Å². The summed E-state index contributed by atoms with van der Waals surface area (Å²) in [6.45, 7) is 6.61. The molecule has 0 aliphatic heterocycles. The molecule has 0 aromatic heterocycles. The molecule has 2 aromatic rings. The minimum absolute atomic E-state index is 0. The zero-order valence-electron chi connectivity index (χ0n) is 16.4. The quantitative estimate of drug-likeness (QED) is 0.505. The number of anilines is 1. The number of hydrogen-bond acceptors (Lipinski definition) is 4. The predicted molar refractivity (Wildman–Crippen MR) is 112 cm³/mol. The summed E-state index contributed by atoms with van der Waals surface area (Å²) < 4.78 is 11.2. The van der Waals surface area contributed by atoms with Crippen molar-refractivity contribution in [2.24, 2.45) is 0 Å². The summed E-state index contributed by atoms with van der Waals surface area (Å²) in [5.74, 6) is 1.24. The average molecular weight is 393 g/mol. The standard InChI is InChI=1S/C21H28N2O3.ClH/c1-5-6-11-26-19-10-8-16(12-20(19)25-4)15(3)23-21(24)18-13-17(22)9-7-14(18)2;/h7-10,12-13,15H,5-6,11,22H2,1-4H3,(H,23,24);1H. The van der Waals surface area contributed by atoms with E-state index in [1.165, 1.54) is 0 Å². The molecule has 0 radical (unpaired) electrons. The van der Waals surface area contributed by atoms with Crippen LogP contribution in [0.5, 0.6) is 11.5 Å². The van der Waals surface area contributed by atoms with Crippen molar-refractivity contribution in [3.8, 4) is 11.5 Å². The van der Waals surface area contributed by atoms with E-state index < -0.39 is 0 Å². The van der Waals surface area contributed by atoms with Gasteiger partial charge in [-0.3, -0.25) is 4.79 Å². The number of benzene rings is 2. The second kappa shape index (κ2) is 10.7. The molecule has 148 valence electrons. The predicted octanol–water partition coefficient (Wildman–Crippen LogP) is 4.68. The van der Waals surface area contributed by atoms with E-state index in [1.807, 2.05) is 38.1 Å². The molecule has 1 atom stereocenters. The Balaban J connectivity index is 0.00000364. The molecular weight excluding hydrogens is 364 g/mol. The molecule has 2 rings (SSSR count). The molecule has 1 unspecified atom stereocenters. The number of amides is 1. The maximum atomic E-state index is 12.6. The van der Waals surface area contributed by atoms with Gasteiger partial charge in [0.25, 0.3) is 5.91 Å². The number of unbranched alkanes of at least 4 members (excludes halogenated alkanes) is 1. The third-order valence-corrected chi connectivity index (χ3v) is 4.30. The Morgan fingerprint density at radius 1 is 1.19 bits per heavy atom. The molecule has 0 aliphatic carbocycles. The molecule has 2 aromatic carbocycles. The second-order valence-electron chi connectivity index (χ2n) is 6.38. The third kappa shape index (κ3) is 6.07. The first-order valence-electron chi connectivity index (χ1n) is 8.94. The van der Waals surface area contributed by atoms with Gasteiger partial charge in [0.2, 0.25) is 0 Å². The van der Waals surface area contributed by atoms with Gasteiger partial charge < -0.3 is 20.5 Å². The van der Waals surface area contributed by atoms with Gasteiger partial charge >= 0.3 is 0 Å². The van der Waals surface area contributed by atoms with E-state index in [-0.39, 0.29) is 24.4 Å². The van der Waals surface area contributed by atoms with Gasteiger partial charge in [0.1, 0.15) is 0 Å².